The molecule has 1 atom stereocenters. The number of carbonyl (C=O) groups excluding carboxylic acids is 1. The van der Waals surface area contributed by atoms with E-state index in [-0.39, 0.29) is 23.2 Å². The van der Waals surface area contributed by atoms with E-state index in [2.05, 4.69) is 26.8 Å². The van der Waals surface area contributed by atoms with Crippen LogP contribution in [-0.4, -0.2) is 41.2 Å². The summed E-state index contributed by atoms with van der Waals surface area (Å²) in [4.78, 5) is 27.3. The standard InChI is InChI=1S/C19H22N4O2S/c1-4-23-19(25)15-8-6-5-7-14(15)17(21-23)18(24)20-11-16(22(2)3)13-9-10-26-12-13/h5-10,12,16H,4,11H2,1-3H3,(H,20,24). The van der Waals surface area contributed by atoms with Gasteiger partial charge in [-0.2, -0.15) is 16.4 Å². The molecule has 0 aliphatic heterocycles. The van der Waals surface area contributed by atoms with Gasteiger partial charge >= 0.3 is 0 Å². The number of aryl methyl sites for hydroxylation is 1. The predicted octanol–water partition coefficient (Wildman–Crippen LogP) is 2.51. The van der Waals surface area contributed by atoms with Crippen molar-refractivity contribution in [2.45, 2.75) is 19.5 Å². The molecule has 6 nitrogen and oxygen atoms in total. The average Bonchev–Trinajstić information content (AvgIpc) is 3.16. The number of hydrogen-bond acceptors (Lipinski definition) is 5. The van der Waals surface area contributed by atoms with E-state index in [1.54, 1.807) is 29.5 Å². The number of carbonyl (C=O) groups is 1. The summed E-state index contributed by atoms with van der Waals surface area (Å²) in [7, 11) is 3.97. The monoisotopic (exact) mass is 370 g/mol. The van der Waals surface area contributed by atoms with Crippen LogP contribution < -0.4 is 10.9 Å². The Kier molecular flexibility index (Phi) is 5.49. The second-order valence-corrected chi connectivity index (χ2v) is 7.04. The first-order chi connectivity index (χ1) is 12.5. The van der Waals surface area contributed by atoms with Gasteiger partial charge in [0.15, 0.2) is 5.69 Å². The van der Waals surface area contributed by atoms with Crippen LogP contribution in [0, 0.1) is 0 Å². The Labute approximate surface area is 156 Å². The highest BCUT2D eigenvalue weighted by Crippen LogP contribution is 2.20. The van der Waals surface area contributed by atoms with Gasteiger partial charge in [0.1, 0.15) is 0 Å². The summed E-state index contributed by atoms with van der Waals surface area (Å²) in [5, 5.41) is 12.5. The van der Waals surface area contributed by atoms with E-state index in [1.165, 1.54) is 4.68 Å². The third-order valence-electron chi connectivity index (χ3n) is 4.39. The number of aromatic nitrogens is 2. The lowest BCUT2D eigenvalue weighted by molar-refractivity contribution is 0.0936. The normalized spacial score (nSPS) is 12.5. The zero-order valence-electron chi connectivity index (χ0n) is 15.1. The summed E-state index contributed by atoms with van der Waals surface area (Å²) in [5.74, 6) is -0.273. The quantitative estimate of drug-likeness (QED) is 0.724. The molecule has 0 spiro atoms. The Hall–Kier alpha value is -2.51. The molecule has 7 heteroatoms. The summed E-state index contributed by atoms with van der Waals surface area (Å²) in [6, 6.07) is 9.24. The van der Waals surface area contributed by atoms with E-state index in [4.69, 9.17) is 0 Å². The number of nitrogens with zero attached hydrogens (tertiary/aromatic N) is 3. The Bertz CT molecular complexity index is 963. The van der Waals surface area contributed by atoms with Gasteiger partial charge in [-0.15, -0.1) is 0 Å². The first kappa shape index (κ1) is 18.3. The van der Waals surface area contributed by atoms with Gasteiger partial charge in [0.2, 0.25) is 0 Å². The van der Waals surface area contributed by atoms with Crippen molar-refractivity contribution in [2.75, 3.05) is 20.6 Å². The van der Waals surface area contributed by atoms with Gasteiger partial charge in [-0.05, 0) is 49.5 Å². The van der Waals surface area contributed by atoms with Crippen LogP contribution in [0.3, 0.4) is 0 Å². The number of hydrogen-bond donors (Lipinski definition) is 1. The molecule has 1 unspecified atom stereocenters. The van der Waals surface area contributed by atoms with Crippen molar-refractivity contribution in [3.63, 3.8) is 0 Å². The first-order valence-electron chi connectivity index (χ1n) is 8.49. The second kappa shape index (κ2) is 7.80. The minimum absolute atomic E-state index is 0.0774. The minimum Gasteiger partial charge on any atom is -0.349 e. The van der Waals surface area contributed by atoms with E-state index in [0.29, 0.717) is 23.9 Å². The molecule has 26 heavy (non-hydrogen) atoms. The number of thiophene rings is 1. The van der Waals surface area contributed by atoms with Gasteiger partial charge in [-0.3, -0.25) is 9.59 Å². The third kappa shape index (κ3) is 3.54. The van der Waals surface area contributed by atoms with Crippen LogP contribution in [0.5, 0.6) is 0 Å². The largest absolute Gasteiger partial charge is 0.349 e. The zero-order chi connectivity index (χ0) is 18.7. The highest BCUT2D eigenvalue weighted by molar-refractivity contribution is 7.07. The van der Waals surface area contributed by atoms with Gasteiger partial charge in [0.05, 0.1) is 11.4 Å². The molecule has 1 amide bonds. The summed E-state index contributed by atoms with van der Waals surface area (Å²) in [6.45, 7) is 2.71. The van der Waals surface area contributed by atoms with E-state index in [0.717, 1.165) is 5.56 Å². The number of amides is 1. The zero-order valence-corrected chi connectivity index (χ0v) is 15.9. The Balaban J connectivity index is 1.90. The molecule has 3 rings (SSSR count). The van der Waals surface area contributed by atoms with Crippen molar-refractivity contribution >= 4 is 28.0 Å². The van der Waals surface area contributed by atoms with E-state index < -0.39 is 0 Å². The number of rotatable bonds is 6. The molecule has 0 bridgehead atoms. The number of benzene rings is 1. The lowest BCUT2D eigenvalue weighted by Gasteiger charge is -2.24. The number of nitrogens with one attached hydrogen (secondary N) is 1. The summed E-state index contributed by atoms with van der Waals surface area (Å²) in [6.07, 6.45) is 0. The van der Waals surface area contributed by atoms with Crippen molar-refractivity contribution in [1.29, 1.82) is 0 Å². The van der Waals surface area contributed by atoms with Crippen molar-refractivity contribution in [1.82, 2.24) is 20.0 Å². The van der Waals surface area contributed by atoms with E-state index in [9.17, 15) is 9.59 Å². The topological polar surface area (TPSA) is 67.2 Å². The lowest BCUT2D eigenvalue weighted by atomic mass is 10.1. The predicted molar refractivity (Wildman–Crippen MR) is 105 cm³/mol. The maximum absolute atomic E-state index is 12.8. The summed E-state index contributed by atoms with van der Waals surface area (Å²) in [5.41, 5.74) is 1.27. The Morgan fingerprint density at radius 3 is 2.62 bits per heavy atom. The van der Waals surface area contributed by atoms with Crippen LogP contribution in [0.4, 0.5) is 0 Å². The van der Waals surface area contributed by atoms with Crippen LogP contribution in [0.2, 0.25) is 0 Å². The van der Waals surface area contributed by atoms with Crippen molar-refractivity contribution < 1.29 is 4.79 Å². The Morgan fingerprint density at radius 2 is 2.00 bits per heavy atom. The van der Waals surface area contributed by atoms with Crippen LogP contribution in [-0.2, 0) is 6.54 Å². The molecule has 0 radical (unpaired) electrons. The summed E-state index contributed by atoms with van der Waals surface area (Å²) >= 11 is 1.63. The fourth-order valence-corrected chi connectivity index (χ4v) is 3.66. The first-order valence-corrected chi connectivity index (χ1v) is 9.43. The van der Waals surface area contributed by atoms with Crippen molar-refractivity contribution in [3.05, 3.63) is 62.7 Å². The molecule has 1 N–H and O–H groups in total. The molecular formula is C19H22N4O2S. The molecule has 0 fully saturated rings. The van der Waals surface area contributed by atoms with Gasteiger partial charge in [-0.1, -0.05) is 18.2 Å². The van der Waals surface area contributed by atoms with Crippen LogP contribution in [0.15, 0.2) is 45.9 Å². The molecule has 2 heterocycles. The molecule has 0 saturated carbocycles. The number of fused-ring (bicyclic) bond motifs is 1. The molecular weight excluding hydrogens is 348 g/mol. The minimum atomic E-state index is -0.273. The van der Waals surface area contributed by atoms with E-state index >= 15 is 0 Å². The molecule has 2 aromatic heterocycles. The van der Waals surface area contributed by atoms with Crippen LogP contribution >= 0.6 is 11.3 Å². The molecule has 0 aliphatic rings. The highest BCUT2D eigenvalue weighted by Gasteiger charge is 2.19. The summed E-state index contributed by atoms with van der Waals surface area (Å²) < 4.78 is 1.33. The van der Waals surface area contributed by atoms with Gasteiger partial charge < -0.3 is 10.2 Å². The Morgan fingerprint density at radius 1 is 1.27 bits per heavy atom. The SMILES string of the molecule is CCn1nc(C(=O)NCC(c2ccsc2)N(C)C)c2ccccc2c1=O. The third-order valence-corrected chi connectivity index (χ3v) is 5.09. The highest BCUT2D eigenvalue weighted by atomic mass is 32.1. The van der Waals surface area contributed by atoms with Gasteiger partial charge in [0.25, 0.3) is 11.5 Å². The fourth-order valence-electron chi connectivity index (χ4n) is 2.95. The maximum atomic E-state index is 12.8. The molecule has 3 aromatic rings. The number of likely N-dealkylation sites (N-methyl/N-ethyl adjacent to an activating group) is 1. The second-order valence-electron chi connectivity index (χ2n) is 6.26. The average molecular weight is 370 g/mol. The van der Waals surface area contributed by atoms with Crippen LogP contribution in [0.25, 0.3) is 10.8 Å². The molecule has 0 saturated heterocycles. The maximum Gasteiger partial charge on any atom is 0.274 e. The van der Waals surface area contributed by atoms with Crippen molar-refractivity contribution in [2.24, 2.45) is 0 Å². The van der Waals surface area contributed by atoms with E-state index in [1.807, 2.05) is 32.5 Å². The molecule has 0 aliphatic carbocycles. The molecule has 136 valence electrons. The van der Waals surface area contributed by atoms with Gasteiger partial charge in [0, 0.05) is 18.5 Å². The van der Waals surface area contributed by atoms with Gasteiger partial charge in [-0.25, -0.2) is 4.68 Å². The van der Waals surface area contributed by atoms with Crippen molar-refractivity contribution in [3.8, 4) is 0 Å². The van der Waals surface area contributed by atoms with Crippen LogP contribution in [0.1, 0.15) is 29.0 Å². The lowest BCUT2D eigenvalue weighted by Crippen LogP contribution is -2.36. The fraction of sp³-hybridized carbons (Fsp3) is 0.316. The smallest absolute Gasteiger partial charge is 0.274 e. The molecule has 1 aromatic carbocycles.